The second-order valence-corrected chi connectivity index (χ2v) is 4.48. The molecule has 1 aromatic carbocycles. The second-order valence-electron chi connectivity index (χ2n) is 4.48. The fraction of sp³-hybridized carbons (Fsp3) is 0.333. The van der Waals surface area contributed by atoms with Gasteiger partial charge in [0.25, 0.3) is 0 Å². The van der Waals surface area contributed by atoms with Crippen LogP contribution in [-0.4, -0.2) is 26.2 Å². The van der Waals surface area contributed by atoms with Gasteiger partial charge in [-0.25, -0.2) is 0 Å². The van der Waals surface area contributed by atoms with Crippen molar-refractivity contribution in [3.63, 3.8) is 0 Å². The number of hydrogen-bond acceptors (Lipinski definition) is 4. The van der Waals surface area contributed by atoms with E-state index in [9.17, 15) is 9.59 Å². The first-order valence-electron chi connectivity index (χ1n) is 6.05. The predicted molar refractivity (Wildman–Crippen MR) is 69.3 cm³/mol. The first-order valence-corrected chi connectivity index (χ1v) is 6.05. The van der Waals surface area contributed by atoms with Crippen molar-refractivity contribution in [3.8, 4) is 0 Å². The Kier molecular flexibility index (Phi) is 3.69. The van der Waals surface area contributed by atoms with E-state index in [2.05, 4.69) is 0 Å². The molecule has 0 aromatic heterocycles. The van der Waals surface area contributed by atoms with Crippen molar-refractivity contribution in [1.29, 1.82) is 0 Å². The summed E-state index contributed by atoms with van der Waals surface area (Å²) in [6, 6.07) is 9.85. The number of esters is 2. The summed E-state index contributed by atoms with van der Waals surface area (Å²) in [6.07, 6.45) is 2.98. The summed E-state index contributed by atoms with van der Waals surface area (Å²) in [4.78, 5) is 23.5. The number of benzene rings is 1. The maximum Gasteiger partial charge on any atom is 0.327 e. The molecule has 4 nitrogen and oxygen atoms in total. The van der Waals surface area contributed by atoms with Crippen molar-refractivity contribution in [3.05, 3.63) is 47.5 Å². The van der Waals surface area contributed by atoms with Gasteiger partial charge in [-0.2, -0.15) is 0 Å². The zero-order valence-electron chi connectivity index (χ0n) is 11.0. The SMILES string of the molecule is COC(=O)C1(C(=O)OC)C/C1=C\Cc1ccccc1. The Labute approximate surface area is 112 Å². The Morgan fingerprint density at radius 1 is 1.16 bits per heavy atom. The number of methoxy groups -OCH3 is 2. The number of ether oxygens (including phenoxy) is 2. The van der Waals surface area contributed by atoms with Crippen molar-refractivity contribution in [2.45, 2.75) is 12.8 Å². The van der Waals surface area contributed by atoms with Crippen molar-refractivity contribution in [1.82, 2.24) is 0 Å². The Morgan fingerprint density at radius 2 is 1.74 bits per heavy atom. The van der Waals surface area contributed by atoms with E-state index < -0.39 is 17.4 Å². The van der Waals surface area contributed by atoms with Gasteiger partial charge in [0.2, 0.25) is 0 Å². The second kappa shape index (κ2) is 5.26. The van der Waals surface area contributed by atoms with Gasteiger partial charge in [0, 0.05) is 6.42 Å². The number of rotatable bonds is 4. The molecule has 1 saturated carbocycles. The van der Waals surface area contributed by atoms with E-state index in [1.54, 1.807) is 0 Å². The molecular weight excluding hydrogens is 244 g/mol. The molecule has 0 atom stereocenters. The van der Waals surface area contributed by atoms with Crippen LogP contribution in [-0.2, 0) is 25.5 Å². The molecule has 0 bridgehead atoms. The molecule has 19 heavy (non-hydrogen) atoms. The summed E-state index contributed by atoms with van der Waals surface area (Å²) in [5, 5.41) is 0. The van der Waals surface area contributed by atoms with E-state index in [1.165, 1.54) is 14.2 Å². The lowest BCUT2D eigenvalue weighted by atomic mass is 10.1. The lowest BCUT2D eigenvalue weighted by Gasteiger charge is -2.09. The van der Waals surface area contributed by atoms with Crippen LogP contribution in [0.5, 0.6) is 0 Å². The van der Waals surface area contributed by atoms with Crippen molar-refractivity contribution < 1.29 is 19.1 Å². The first-order chi connectivity index (χ1) is 9.15. The highest BCUT2D eigenvalue weighted by Crippen LogP contribution is 2.54. The quantitative estimate of drug-likeness (QED) is 0.471. The van der Waals surface area contributed by atoms with Gasteiger partial charge in [-0.1, -0.05) is 36.4 Å². The fourth-order valence-electron chi connectivity index (χ4n) is 2.18. The highest BCUT2D eigenvalue weighted by Gasteiger charge is 2.63. The summed E-state index contributed by atoms with van der Waals surface area (Å²) < 4.78 is 9.40. The highest BCUT2D eigenvalue weighted by molar-refractivity contribution is 6.08. The van der Waals surface area contributed by atoms with E-state index in [1.807, 2.05) is 36.4 Å². The Bertz CT molecular complexity index is 500. The molecule has 4 heteroatoms. The summed E-state index contributed by atoms with van der Waals surface area (Å²) >= 11 is 0. The average molecular weight is 260 g/mol. The van der Waals surface area contributed by atoms with Crippen LogP contribution in [0.4, 0.5) is 0 Å². The number of carbonyl (C=O) groups excluding carboxylic acids is 2. The molecule has 1 fully saturated rings. The normalized spacial score (nSPS) is 17.9. The molecule has 0 aliphatic heterocycles. The van der Waals surface area contributed by atoms with Gasteiger partial charge in [-0.05, 0) is 17.6 Å². The highest BCUT2D eigenvalue weighted by atomic mass is 16.5. The standard InChI is InChI=1S/C15H16O4/c1-18-13(16)15(14(17)19-2)10-12(15)9-8-11-6-4-3-5-7-11/h3-7,9H,8,10H2,1-2H3/b12-9+. The van der Waals surface area contributed by atoms with Gasteiger partial charge in [-0.3, -0.25) is 9.59 Å². The van der Waals surface area contributed by atoms with E-state index in [0.29, 0.717) is 12.8 Å². The van der Waals surface area contributed by atoms with Gasteiger partial charge in [0.05, 0.1) is 14.2 Å². The molecule has 1 aliphatic carbocycles. The summed E-state index contributed by atoms with van der Waals surface area (Å²) in [5.74, 6) is -1.09. The third-order valence-electron chi connectivity index (χ3n) is 3.37. The third-order valence-corrected chi connectivity index (χ3v) is 3.37. The maximum atomic E-state index is 11.8. The van der Waals surface area contributed by atoms with Gasteiger partial charge in [0.1, 0.15) is 0 Å². The lowest BCUT2D eigenvalue weighted by molar-refractivity contribution is -0.160. The van der Waals surface area contributed by atoms with E-state index in [4.69, 9.17) is 9.47 Å². The predicted octanol–water partition coefficient (Wildman–Crippen LogP) is 1.89. The maximum absolute atomic E-state index is 11.8. The van der Waals surface area contributed by atoms with Crippen LogP contribution in [0.3, 0.4) is 0 Å². The molecule has 100 valence electrons. The summed E-state index contributed by atoms with van der Waals surface area (Å²) in [5.41, 5.74) is 0.707. The zero-order valence-corrected chi connectivity index (χ0v) is 11.0. The Hall–Kier alpha value is -2.10. The molecule has 1 aliphatic rings. The first kappa shape index (κ1) is 13.3. The monoisotopic (exact) mass is 260 g/mol. The summed E-state index contributed by atoms with van der Waals surface area (Å²) in [7, 11) is 2.56. The van der Waals surface area contributed by atoms with Crippen LogP contribution in [0.25, 0.3) is 0 Å². The van der Waals surface area contributed by atoms with E-state index >= 15 is 0 Å². The molecule has 0 N–H and O–H groups in total. The molecule has 0 heterocycles. The van der Waals surface area contributed by atoms with Crippen LogP contribution in [0.15, 0.2) is 42.0 Å². The molecule has 0 saturated heterocycles. The smallest absolute Gasteiger partial charge is 0.327 e. The number of carbonyl (C=O) groups is 2. The van der Waals surface area contributed by atoms with Gasteiger partial charge < -0.3 is 9.47 Å². The molecule has 0 radical (unpaired) electrons. The molecule has 0 amide bonds. The lowest BCUT2D eigenvalue weighted by Crippen LogP contribution is -2.28. The molecule has 0 unspecified atom stereocenters. The zero-order chi connectivity index (χ0) is 13.9. The number of allylic oxidation sites excluding steroid dienone is 1. The van der Waals surface area contributed by atoms with Crippen molar-refractivity contribution in [2.24, 2.45) is 5.41 Å². The molecule has 0 spiro atoms. The van der Waals surface area contributed by atoms with Crippen LogP contribution < -0.4 is 0 Å². The minimum absolute atomic E-state index is 0.388. The molecule has 2 rings (SSSR count). The van der Waals surface area contributed by atoms with Crippen LogP contribution in [0, 0.1) is 5.41 Å². The van der Waals surface area contributed by atoms with Crippen molar-refractivity contribution >= 4 is 11.9 Å². The Balaban J connectivity index is 2.15. The molecule has 1 aromatic rings. The minimum Gasteiger partial charge on any atom is -0.468 e. The van der Waals surface area contributed by atoms with Gasteiger partial charge >= 0.3 is 11.9 Å². The van der Waals surface area contributed by atoms with Crippen molar-refractivity contribution in [2.75, 3.05) is 14.2 Å². The number of hydrogen-bond donors (Lipinski definition) is 0. The average Bonchev–Trinajstić information content (AvgIpc) is 3.20. The largest absolute Gasteiger partial charge is 0.468 e. The van der Waals surface area contributed by atoms with Crippen LogP contribution in [0.1, 0.15) is 12.0 Å². The fourth-order valence-corrected chi connectivity index (χ4v) is 2.18. The topological polar surface area (TPSA) is 52.6 Å². The minimum atomic E-state index is -1.20. The van der Waals surface area contributed by atoms with Crippen LogP contribution in [0.2, 0.25) is 0 Å². The van der Waals surface area contributed by atoms with E-state index in [-0.39, 0.29) is 0 Å². The molecular formula is C15H16O4. The Morgan fingerprint density at radius 3 is 2.26 bits per heavy atom. The van der Waals surface area contributed by atoms with Gasteiger partial charge in [0.15, 0.2) is 5.41 Å². The summed E-state index contributed by atoms with van der Waals surface area (Å²) in [6.45, 7) is 0. The van der Waals surface area contributed by atoms with Gasteiger partial charge in [-0.15, -0.1) is 0 Å². The van der Waals surface area contributed by atoms with Crippen LogP contribution >= 0.6 is 0 Å². The third kappa shape index (κ3) is 2.38. The van der Waals surface area contributed by atoms with E-state index in [0.717, 1.165) is 11.1 Å².